The highest BCUT2D eigenvalue weighted by Gasteiger charge is 2.27. The van der Waals surface area contributed by atoms with Gasteiger partial charge in [0.1, 0.15) is 6.04 Å². The van der Waals surface area contributed by atoms with Crippen LogP contribution in [0.1, 0.15) is 24.1 Å². The van der Waals surface area contributed by atoms with Crippen molar-refractivity contribution in [3.8, 4) is 17.2 Å². The fourth-order valence-electron chi connectivity index (χ4n) is 2.70. The summed E-state index contributed by atoms with van der Waals surface area (Å²) in [5.74, 6) is 1.29. The summed E-state index contributed by atoms with van der Waals surface area (Å²) in [7, 11) is 1.55. The first-order valence-corrected chi connectivity index (χ1v) is 8.14. The number of benzene rings is 2. The van der Waals surface area contributed by atoms with E-state index < -0.39 is 6.04 Å². The molecule has 0 aliphatic carbocycles. The zero-order chi connectivity index (χ0) is 17.6. The van der Waals surface area contributed by atoms with Crippen molar-refractivity contribution >= 4 is 5.97 Å². The van der Waals surface area contributed by atoms with Gasteiger partial charge in [-0.05, 0) is 30.2 Å². The van der Waals surface area contributed by atoms with Crippen LogP contribution in [0.2, 0.25) is 0 Å². The van der Waals surface area contributed by atoms with Crippen molar-refractivity contribution < 1.29 is 23.7 Å². The van der Waals surface area contributed by atoms with E-state index >= 15 is 0 Å². The Morgan fingerprint density at radius 3 is 2.76 bits per heavy atom. The monoisotopic (exact) mass is 343 g/mol. The topological polar surface area (TPSA) is 66.0 Å². The molecule has 1 N–H and O–H groups in total. The van der Waals surface area contributed by atoms with E-state index in [1.54, 1.807) is 26.2 Å². The van der Waals surface area contributed by atoms with E-state index in [2.05, 4.69) is 5.32 Å². The number of rotatable bonds is 7. The minimum Gasteiger partial charge on any atom is -0.493 e. The van der Waals surface area contributed by atoms with Crippen LogP contribution in [-0.4, -0.2) is 26.5 Å². The maximum absolute atomic E-state index is 12.5. The molecule has 0 radical (unpaired) electrons. The summed E-state index contributed by atoms with van der Waals surface area (Å²) in [6.45, 7) is 2.76. The first kappa shape index (κ1) is 17.1. The van der Waals surface area contributed by atoms with Gasteiger partial charge in [0, 0.05) is 6.54 Å². The number of methoxy groups -OCH3 is 1. The Hall–Kier alpha value is -2.73. The first-order chi connectivity index (χ1) is 12.2. The molecule has 1 unspecified atom stereocenters. The molecule has 1 aliphatic heterocycles. The second-order valence-corrected chi connectivity index (χ2v) is 5.51. The molecule has 0 fully saturated rings. The standard InChI is InChI=1S/C19H21NO5/c1-3-23-19(21)17(20-11-13-7-5-4-6-8-13)14-9-15(22-2)18-16(10-14)24-12-25-18/h4-10,17,20H,3,11-12H2,1-2H3. The van der Waals surface area contributed by atoms with Crippen molar-refractivity contribution in [2.24, 2.45) is 0 Å². The van der Waals surface area contributed by atoms with Crippen LogP contribution in [0.25, 0.3) is 0 Å². The Balaban J connectivity index is 1.87. The third-order valence-electron chi connectivity index (χ3n) is 3.89. The van der Waals surface area contributed by atoms with E-state index in [0.29, 0.717) is 36.0 Å². The molecule has 6 nitrogen and oxygen atoms in total. The van der Waals surface area contributed by atoms with Crippen LogP contribution in [0.5, 0.6) is 17.2 Å². The highest BCUT2D eigenvalue weighted by molar-refractivity contribution is 5.78. The second-order valence-electron chi connectivity index (χ2n) is 5.51. The second kappa shape index (κ2) is 7.90. The molecule has 132 valence electrons. The van der Waals surface area contributed by atoms with Gasteiger partial charge in [-0.1, -0.05) is 30.3 Å². The first-order valence-electron chi connectivity index (χ1n) is 8.14. The quantitative estimate of drug-likeness (QED) is 0.780. The molecule has 1 atom stereocenters. The number of esters is 1. The van der Waals surface area contributed by atoms with Gasteiger partial charge in [0.15, 0.2) is 11.5 Å². The minimum atomic E-state index is -0.636. The molecule has 3 rings (SSSR count). The molecule has 2 aromatic rings. The number of carbonyl (C=O) groups is 1. The molecular weight excluding hydrogens is 322 g/mol. The van der Waals surface area contributed by atoms with Gasteiger partial charge >= 0.3 is 5.97 Å². The van der Waals surface area contributed by atoms with E-state index in [1.165, 1.54) is 0 Å². The van der Waals surface area contributed by atoms with Crippen molar-refractivity contribution in [2.75, 3.05) is 20.5 Å². The SMILES string of the molecule is CCOC(=O)C(NCc1ccccc1)c1cc(OC)c2c(c1)OCO2. The number of carbonyl (C=O) groups excluding carboxylic acids is 1. The zero-order valence-electron chi connectivity index (χ0n) is 14.3. The summed E-state index contributed by atoms with van der Waals surface area (Å²) in [5, 5.41) is 3.25. The van der Waals surface area contributed by atoms with Gasteiger partial charge in [0.05, 0.1) is 13.7 Å². The molecule has 0 spiro atoms. The Kier molecular flexibility index (Phi) is 5.40. The molecule has 6 heteroatoms. The van der Waals surface area contributed by atoms with Crippen LogP contribution in [-0.2, 0) is 16.1 Å². The number of nitrogens with one attached hydrogen (secondary N) is 1. The van der Waals surface area contributed by atoms with Gasteiger partial charge in [-0.15, -0.1) is 0 Å². The number of hydrogen-bond acceptors (Lipinski definition) is 6. The predicted molar refractivity (Wildman–Crippen MR) is 91.8 cm³/mol. The maximum atomic E-state index is 12.5. The van der Waals surface area contributed by atoms with Crippen LogP contribution in [0.3, 0.4) is 0 Å². The molecular formula is C19H21NO5. The fourth-order valence-corrected chi connectivity index (χ4v) is 2.70. The Morgan fingerprint density at radius 2 is 2.04 bits per heavy atom. The van der Waals surface area contributed by atoms with Gasteiger partial charge in [-0.2, -0.15) is 0 Å². The molecule has 0 amide bonds. The lowest BCUT2D eigenvalue weighted by molar-refractivity contribution is -0.145. The highest BCUT2D eigenvalue weighted by atomic mass is 16.7. The summed E-state index contributed by atoms with van der Waals surface area (Å²) in [6, 6.07) is 12.8. The van der Waals surface area contributed by atoms with Crippen LogP contribution in [0.4, 0.5) is 0 Å². The van der Waals surface area contributed by atoms with Crippen molar-refractivity contribution in [3.05, 3.63) is 53.6 Å². The van der Waals surface area contributed by atoms with Crippen LogP contribution in [0.15, 0.2) is 42.5 Å². The summed E-state index contributed by atoms with van der Waals surface area (Å²) in [4.78, 5) is 12.5. The lowest BCUT2D eigenvalue weighted by Crippen LogP contribution is -2.30. The molecule has 0 bridgehead atoms. The van der Waals surface area contributed by atoms with E-state index in [0.717, 1.165) is 5.56 Å². The average Bonchev–Trinajstić information content (AvgIpc) is 3.11. The third kappa shape index (κ3) is 3.85. The maximum Gasteiger partial charge on any atom is 0.327 e. The lowest BCUT2D eigenvalue weighted by Gasteiger charge is -2.19. The number of ether oxygens (including phenoxy) is 4. The molecule has 0 aromatic heterocycles. The molecule has 0 saturated carbocycles. The average molecular weight is 343 g/mol. The number of fused-ring (bicyclic) bond motifs is 1. The molecule has 1 aliphatic rings. The van der Waals surface area contributed by atoms with Crippen molar-refractivity contribution in [1.82, 2.24) is 5.32 Å². The van der Waals surface area contributed by atoms with Crippen molar-refractivity contribution in [1.29, 1.82) is 0 Å². The Morgan fingerprint density at radius 1 is 1.24 bits per heavy atom. The van der Waals surface area contributed by atoms with E-state index in [-0.39, 0.29) is 12.8 Å². The molecule has 2 aromatic carbocycles. The van der Waals surface area contributed by atoms with Crippen LogP contribution >= 0.6 is 0 Å². The van der Waals surface area contributed by atoms with Gasteiger partial charge < -0.3 is 18.9 Å². The fraction of sp³-hybridized carbons (Fsp3) is 0.316. The number of hydrogen-bond donors (Lipinski definition) is 1. The largest absolute Gasteiger partial charge is 0.493 e. The summed E-state index contributed by atoms with van der Waals surface area (Å²) in [6.07, 6.45) is 0. The predicted octanol–water partition coefficient (Wildman–Crippen LogP) is 2.82. The van der Waals surface area contributed by atoms with Crippen molar-refractivity contribution in [2.45, 2.75) is 19.5 Å². The van der Waals surface area contributed by atoms with E-state index in [1.807, 2.05) is 30.3 Å². The van der Waals surface area contributed by atoms with Gasteiger partial charge in [0.25, 0.3) is 0 Å². The highest BCUT2D eigenvalue weighted by Crippen LogP contribution is 2.43. The molecule has 25 heavy (non-hydrogen) atoms. The Labute approximate surface area is 146 Å². The molecule has 1 heterocycles. The zero-order valence-corrected chi connectivity index (χ0v) is 14.3. The van der Waals surface area contributed by atoms with Gasteiger partial charge in [-0.3, -0.25) is 5.32 Å². The van der Waals surface area contributed by atoms with Crippen LogP contribution < -0.4 is 19.5 Å². The van der Waals surface area contributed by atoms with Gasteiger partial charge in [0.2, 0.25) is 12.5 Å². The Bertz CT molecular complexity index is 732. The van der Waals surface area contributed by atoms with E-state index in [4.69, 9.17) is 18.9 Å². The van der Waals surface area contributed by atoms with Gasteiger partial charge in [-0.25, -0.2) is 4.79 Å². The van der Waals surface area contributed by atoms with Crippen LogP contribution in [0, 0.1) is 0 Å². The summed E-state index contributed by atoms with van der Waals surface area (Å²) in [5.41, 5.74) is 1.78. The smallest absolute Gasteiger partial charge is 0.327 e. The lowest BCUT2D eigenvalue weighted by atomic mass is 10.0. The minimum absolute atomic E-state index is 0.136. The van der Waals surface area contributed by atoms with E-state index in [9.17, 15) is 4.79 Å². The summed E-state index contributed by atoms with van der Waals surface area (Å²) < 4.78 is 21.5. The normalized spacial score (nSPS) is 13.4. The third-order valence-corrected chi connectivity index (χ3v) is 3.89. The van der Waals surface area contributed by atoms with Crippen molar-refractivity contribution in [3.63, 3.8) is 0 Å². The summed E-state index contributed by atoms with van der Waals surface area (Å²) >= 11 is 0. The molecule has 0 saturated heterocycles.